The maximum atomic E-state index is 13.0. The first-order valence-electron chi connectivity index (χ1n) is 9.39. The molecule has 0 saturated carbocycles. The summed E-state index contributed by atoms with van der Waals surface area (Å²) in [6.07, 6.45) is 1.50. The Morgan fingerprint density at radius 2 is 1.61 bits per heavy atom. The van der Waals surface area contributed by atoms with Crippen LogP contribution in [0.4, 0.5) is 0 Å². The molecule has 10 heteroatoms. The summed E-state index contributed by atoms with van der Waals surface area (Å²) in [6.45, 7) is 0.832. The normalized spacial score (nSPS) is 26.3. The van der Waals surface area contributed by atoms with Crippen molar-refractivity contribution in [3.8, 4) is 0 Å². The van der Waals surface area contributed by atoms with Gasteiger partial charge in [0.25, 0.3) is 0 Å². The first-order chi connectivity index (χ1) is 13.5. The first kappa shape index (κ1) is 22.7. The van der Waals surface area contributed by atoms with Gasteiger partial charge in [-0.15, -0.1) is 0 Å². The maximum Gasteiger partial charge on any atom is 0.332 e. The second-order valence-corrected chi connectivity index (χ2v) is 6.80. The summed E-state index contributed by atoms with van der Waals surface area (Å²) in [6, 6.07) is 0. The molecule has 3 aliphatic rings. The molecule has 1 N–H and O–H groups in total. The number of aliphatic hydroxyl groups is 1. The van der Waals surface area contributed by atoms with Crippen molar-refractivity contribution >= 4 is 17.7 Å². The quantitative estimate of drug-likeness (QED) is 0.296. The first-order valence-corrected chi connectivity index (χ1v) is 9.39. The fourth-order valence-electron chi connectivity index (χ4n) is 3.47. The van der Waals surface area contributed by atoms with Crippen LogP contribution in [0.5, 0.6) is 0 Å². The highest BCUT2D eigenvalue weighted by Gasteiger charge is 2.54. The molecular weight excluding hydrogens is 374 g/mol. The number of methoxy groups -OCH3 is 1. The van der Waals surface area contributed by atoms with Gasteiger partial charge in [-0.1, -0.05) is 0 Å². The van der Waals surface area contributed by atoms with E-state index in [9.17, 15) is 14.4 Å². The maximum absolute atomic E-state index is 13.0. The van der Waals surface area contributed by atoms with Crippen molar-refractivity contribution in [1.29, 1.82) is 0 Å². The molecular formula is C18H29NO9. The van der Waals surface area contributed by atoms with E-state index >= 15 is 0 Å². The Labute approximate surface area is 164 Å². The van der Waals surface area contributed by atoms with Crippen molar-refractivity contribution < 1.29 is 43.2 Å². The summed E-state index contributed by atoms with van der Waals surface area (Å²) in [4.78, 5) is 38.7. The number of ether oxygens (including phenoxy) is 5. The number of hydrogen-bond acceptors (Lipinski definition) is 10. The van der Waals surface area contributed by atoms with Crippen LogP contribution in [0, 0.1) is 5.92 Å². The van der Waals surface area contributed by atoms with E-state index in [2.05, 4.69) is 0 Å². The standard InChI is InChI=1S/C18H29NO9/c1-24-8-9-26-11-16(22)28-13-18(12-27-15(21)10-25-7-6-20)17(23)14-2-4-19(18)5-3-14/h14,20H,2-13H2,1H3. The zero-order valence-corrected chi connectivity index (χ0v) is 16.2. The predicted molar refractivity (Wildman–Crippen MR) is 94.6 cm³/mol. The molecule has 3 fully saturated rings. The number of esters is 2. The molecule has 0 aromatic rings. The Kier molecular flexibility index (Phi) is 9.26. The molecule has 0 aromatic heterocycles. The minimum absolute atomic E-state index is 0.0219. The van der Waals surface area contributed by atoms with Crippen LogP contribution in [0.2, 0.25) is 0 Å². The number of piperidine rings is 3. The smallest absolute Gasteiger partial charge is 0.332 e. The second kappa shape index (κ2) is 11.4. The number of aliphatic hydroxyl groups excluding tert-OH is 1. The summed E-state index contributed by atoms with van der Waals surface area (Å²) in [7, 11) is 1.53. The topological polar surface area (TPSA) is 121 Å². The molecule has 10 nitrogen and oxygen atoms in total. The lowest BCUT2D eigenvalue weighted by molar-refractivity contribution is -0.175. The van der Waals surface area contributed by atoms with Crippen LogP contribution >= 0.6 is 0 Å². The van der Waals surface area contributed by atoms with E-state index in [1.165, 1.54) is 7.11 Å². The lowest BCUT2D eigenvalue weighted by Crippen LogP contribution is -2.69. The van der Waals surface area contributed by atoms with Crippen LogP contribution in [0.15, 0.2) is 0 Å². The third-order valence-corrected chi connectivity index (χ3v) is 4.98. The Bertz CT molecular complexity index is 533. The molecule has 3 saturated heterocycles. The number of carbonyl (C=O) groups excluding carboxylic acids is 3. The molecule has 3 heterocycles. The van der Waals surface area contributed by atoms with Crippen LogP contribution in [0.25, 0.3) is 0 Å². The van der Waals surface area contributed by atoms with Crippen molar-refractivity contribution in [3.05, 3.63) is 0 Å². The molecule has 1 atom stereocenters. The van der Waals surface area contributed by atoms with Gasteiger partial charge in [0.1, 0.15) is 32.0 Å². The Morgan fingerprint density at radius 1 is 1.04 bits per heavy atom. The van der Waals surface area contributed by atoms with Crippen molar-refractivity contribution in [2.24, 2.45) is 5.92 Å². The van der Waals surface area contributed by atoms with E-state index in [1.54, 1.807) is 0 Å². The van der Waals surface area contributed by atoms with Crippen LogP contribution < -0.4 is 0 Å². The van der Waals surface area contributed by atoms with Gasteiger partial charge in [-0.2, -0.15) is 0 Å². The van der Waals surface area contributed by atoms with Gasteiger partial charge in [-0.25, -0.2) is 9.59 Å². The van der Waals surface area contributed by atoms with E-state index < -0.39 is 17.5 Å². The van der Waals surface area contributed by atoms with Crippen LogP contribution in [-0.2, 0) is 38.1 Å². The van der Waals surface area contributed by atoms with E-state index in [0.717, 1.165) is 12.8 Å². The Balaban J connectivity index is 1.93. The van der Waals surface area contributed by atoms with Crippen molar-refractivity contribution in [1.82, 2.24) is 4.90 Å². The Morgan fingerprint density at radius 3 is 2.11 bits per heavy atom. The zero-order valence-electron chi connectivity index (χ0n) is 16.2. The lowest BCUT2D eigenvalue weighted by atomic mass is 9.74. The minimum Gasteiger partial charge on any atom is -0.461 e. The fraction of sp³-hybridized carbons (Fsp3) is 0.833. The van der Waals surface area contributed by atoms with Gasteiger partial charge >= 0.3 is 11.9 Å². The summed E-state index contributed by atoms with van der Waals surface area (Å²) in [5, 5.41) is 8.68. The number of rotatable bonds is 13. The number of nitrogens with zero attached hydrogens (tertiary/aromatic N) is 1. The molecule has 0 aromatic carbocycles. The molecule has 0 amide bonds. The predicted octanol–water partition coefficient (Wildman–Crippen LogP) is -1.22. The highest BCUT2D eigenvalue weighted by molar-refractivity contribution is 5.93. The molecule has 28 heavy (non-hydrogen) atoms. The average Bonchev–Trinajstić information content (AvgIpc) is 2.71. The molecule has 0 aliphatic carbocycles. The van der Waals surface area contributed by atoms with Gasteiger partial charge in [-0.05, 0) is 12.8 Å². The highest BCUT2D eigenvalue weighted by Crippen LogP contribution is 2.37. The van der Waals surface area contributed by atoms with Crippen molar-refractivity contribution in [2.45, 2.75) is 18.4 Å². The van der Waals surface area contributed by atoms with Gasteiger partial charge in [-0.3, -0.25) is 9.69 Å². The van der Waals surface area contributed by atoms with Crippen molar-refractivity contribution in [2.75, 3.05) is 73.1 Å². The summed E-state index contributed by atoms with van der Waals surface area (Å²) in [5.41, 5.74) is -1.17. The van der Waals surface area contributed by atoms with Gasteiger partial charge in [0.05, 0.1) is 26.4 Å². The number of fused-ring (bicyclic) bond motifs is 3. The van der Waals surface area contributed by atoms with E-state index in [4.69, 9.17) is 28.8 Å². The minimum atomic E-state index is -1.17. The number of carbonyl (C=O) groups is 3. The summed E-state index contributed by atoms with van der Waals surface area (Å²) >= 11 is 0. The largest absolute Gasteiger partial charge is 0.461 e. The Hall–Kier alpha value is -1.59. The molecule has 0 spiro atoms. The third kappa shape index (κ3) is 5.95. The number of ketones is 1. The molecule has 3 aliphatic heterocycles. The zero-order chi connectivity index (χ0) is 20.4. The SMILES string of the molecule is COCCOCC(=O)OCC1(COC(=O)COCCO)C(=O)C2CCN1CC2. The van der Waals surface area contributed by atoms with Crippen LogP contribution in [0.3, 0.4) is 0 Å². The monoisotopic (exact) mass is 403 g/mol. The highest BCUT2D eigenvalue weighted by atomic mass is 16.6. The van der Waals surface area contributed by atoms with E-state index in [0.29, 0.717) is 19.7 Å². The second-order valence-electron chi connectivity index (χ2n) is 6.80. The molecule has 2 bridgehead atoms. The fourth-order valence-corrected chi connectivity index (χ4v) is 3.47. The van der Waals surface area contributed by atoms with Crippen molar-refractivity contribution in [3.63, 3.8) is 0 Å². The van der Waals surface area contributed by atoms with E-state index in [1.807, 2.05) is 4.90 Å². The summed E-state index contributed by atoms with van der Waals surface area (Å²) in [5.74, 6) is -1.42. The van der Waals surface area contributed by atoms with Gasteiger partial charge in [0.2, 0.25) is 0 Å². The van der Waals surface area contributed by atoms with Crippen LogP contribution in [0.1, 0.15) is 12.8 Å². The molecule has 160 valence electrons. The number of Topliss-reactive ketones (excluding diaryl/α,β-unsaturated/α-hetero) is 1. The third-order valence-electron chi connectivity index (χ3n) is 4.98. The molecule has 3 rings (SSSR count). The molecule has 0 radical (unpaired) electrons. The summed E-state index contributed by atoms with van der Waals surface area (Å²) < 4.78 is 25.4. The van der Waals surface area contributed by atoms with Crippen LogP contribution in [-0.4, -0.2) is 106 Å². The van der Waals surface area contributed by atoms with E-state index in [-0.39, 0.29) is 57.9 Å². The molecule has 1 unspecified atom stereocenters. The lowest BCUT2D eigenvalue weighted by Gasteiger charge is -2.51. The van der Waals surface area contributed by atoms with Gasteiger partial charge in [0, 0.05) is 26.1 Å². The average molecular weight is 403 g/mol. The van der Waals surface area contributed by atoms with Gasteiger partial charge < -0.3 is 28.8 Å². The number of hydrogen-bond donors (Lipinski definition) is 1. The van der Waals surface area contributed by atoms with Gasteiger partial charge in [0.15, 0.2) is 5.78 Å².